The Bertz CT molecular complexity index is 498. The molecule has 0 fully saturated rings. The Hall–Kier alpha value is -2.04. The van der Waals surface area contributed by atoms with Gasteiger partial charge in [0.15, 0.2) is 0 Å². The zero-order chi connectivity index (χ0) is 14.6. The predicted octanol–water partition coefficient (Wildman–Crippen LogP) is 2.07. The molecule has 5 heteroatoms. The van der Waals surface area contributed by atoms with E-state index in [-0.39, 0.29) is 5.75 Å². The van der Waals surface area contributed by atoms with Crippen LogP contribution in [0, 0.1) is 6.92 Å². The van der Waals surface area contributed by atoms with E-state index >= 15 is 0 Å². The second-order valence-corrected chi connectivity index (χ2v) is 4.84. The number of carboxylic acid groups (broad SMARTS) is 1. The molecule has 0 saturated heterocycles. The van der Waals surface area contributed by atoms with Crippen molar-refractivity contribution in [3.8, 4) is 5.75 Å². The highest BCUT2D eigenvalue weighted by Crippen LogP contribution is 2.18. The van der Waals surface area contributed by atoms with Crippen LogP contribution in [0.15, 0.2) is 18.2 Å². The van der Waals surface area contributed by atoms with Crippen LogP contribution in [0.25, 0.3) is 0 Å². The van der Waals surface area contributed by atoms with E-state index in [4.69, 9.17) is 0 Å². The highest BCUT2D eigenvalue weighted by atomic mass is 16.4. The number of aromatic hydroxyl groups is 1. The number of phenolic OH excluding ortho intramolecular Hbond substituents is 1. The van der Waals surface area contributed by atoms with E-state index in [0.717, 1.165) is 0 Å². The van der Waals surface area contributed by atoms with Gasteiger partial charge in [-0.15, -0.1) is 0 Å². The van der Waals surface area contributed by atoms with Crippen LogP contribution in [0.5, 0.6) is 5.75 Å². The average Bonchev–Trinajstić information content (AvgIpc) is 2.28. The highest BCUT2D eigenvalue weighted by Gasteiger charge is 2.34. The second kappa shape index (κ2) is 5.73. The predicted molar refractivity (Wildman–Crippen MR) is 71.3 cm³/mol. The lowest BCUT2D eigenvalue weighted by Gasteiger charge is -2.26. The van der Waals surface area contributed by atoms with Gasteiger partial charge in [-0.1, -0.05) is 13.3 Å². The Balaban J connectivity index is 2.97. The SMILES string of the molecule is CCCC(C)(NC(=O)c1ccc(O)cc1C)C(=O)O. The van der Waals surface area contributed by atoms with Gasteiger partial charge < -0.3 is 15.5 Å². The maximum absolute atomic E-state index is 12.1. The number of amides is 1. The van der Waals surface area contributed by atoms with Crippen LogP contribution >= 0.6 is 0 Å². The molecule has 1 amide bonds. The Kier molecular flexibility index (Phi) is 4.53. The largest absolute Gasteiger partial charge is 0.508 e. The molecule has 19 heavy (non-hydrogen) atoms. The number of hydrogen-bond acceptors (Lipinski definition) is 3. The fourth-order valence-electron chi connectivity index (χ4n) is 1.94. The molecule has 1 rings (SSSR count). The summed E-state index contributed by atoms with van der Waals surface area (Å²) in [5.41, 5.74) is -0.320. The summed E-state index contributed by atoms with van der Waals surface area (Å²) in [5, 5.41) is 21.1. The fourth-order valence-corrected chi connectivity index (χ4v) is 1.94. The summed E-state index contributed by atoms with van der Waals surface area (Å²) >= 11 is 0. The van der Waals surface area contributed by atoms with E-state index in [1.54, 1.807) is 6.92 Å². The standard InChI is InChI=1S/C14H19NO4/c1-4-7-14(3,13(18)19)15-12(17)11-6-5-10(16)8-9(11)2/h5-6,8,16H,4,7H2,1-3H3,(H,15,17)(H,18,19). The monoisotopic (exact) mass is 265 g/mol. The second-order valence-electron chi connectivity index (χ2n) is 4.84. The molecule has 0 saturated carbocycles. The van der Waals surface area contributed by atoms with E-state index in [9.17, 15) is 19.8 Å². The minimum absolute atomic E-state index is 0.0728. The maximum Gasteiger partial charge on any atom is 0.329 e. The van der Waals surface area contributed by atoms with Gasteiger partial charge in [-0.05, 0) is 44.0 Å². The lowest BCUT2D eigenvalue weighted by molar-refractivity contribution is -0.144. The van der Waals surface area contributed by atoms with Gasteiger partial charge in [0, 0.05) is 5.56 Å². The van der Waals surface area contributed by atoms with Gasteiger partial charge in [0.2, 0.25) is 0 Å². The van der Waals surface area contributed by atoms with Crippen molar-refractivity contribution in [2.75, 3.05) is 0 Å². The number of aryl methyl sites for hydroxylation is 1. The van der Waals surface area contributed by atoms with Crippen molar-refractivity contribution in [3.05, 3.63) is 29.3 Å². The van der Waals surface area contributed by atoms with Crippen LogP contribution in [0.1, 0.15) is 42.6 Å². The lowest BCUT2D eigenvalue weighted by atomic mass is 9.95. The molecule has 0 heterocycles. The molecule has 1 atom stereocenters. The van der Waals surface area contributed by atoms with Gasteiger partial charge >= 0.3 is 5.97 Å². The van der Waals surface area contributed by atoms with Crippen molar-refractivity contribution in [1.29, 1.82) is 0 Å². The van der Waals surface area contributed by atoms with E-state index in [0.29, 0.717) is 24.0 Å². The highest BCUT2D eigenvalue weighted by molar-refractivity contribution is 5.99. The molecule has 5 nitrogen and oxygen atoms in total. The van der Waals surface area contributed by atoms with Crippen molar-refractivity contribution < 1.29 is 19.8 Å². The average molecular weight is 265 g/mol. The number of carbonyl (C=O) groups is 2. The molecular weight excluding hydrogens is 246 g/mol. The first-order chi connectivity index (χ1) is 8.80. The normalized spacial score (nSPS) is 13.6. The molecular formula is C14H19NO4. The van der Waals surface area contributed by atoms with Crippen molar-refractivity contribution in [1.82, 2.24) is 5.32 Å². The smallest absolute Gasteiger partial charge is 0.329 e. The summed E-state index contributed by atoms with van der Waals surface area (Å²) in [6, 6.07) is 4.35. The number of aliphatic carboxylic acids is 1. The van der Waals surface area contributed by atoms with Gasteiger partial charge in [0.05, 0.1) is 0 Å². The van der Waals surface area contributed by atoms with Crippen LogP contribution in [-0.2, 0) is 4.79 Å². The van der Waals surface area contributed by atoms with Crippen LogP contribution in [-0.4, -0.2) is 27.6 Å². The summed E-state index contributed by atoms with van der Waals surface area (Å²) in [6.07, 6.45) is 1.00. The Morgan fingerprint density at radius 2 is 2.00 bits per heavy atom. The molecule has 104 valence electrons. The third kappa shape index (κ3) is 3.47. The number of nitrogens with one attached hydrogen (secondary N) is 1. The molecule has 0 radical (unpaired) electrons. The summed E-state index contributed by atoms with van der Waals surface area (Å²) in [6.45, 7) is 5.04. The molecule has 3 N–H and O–H groups in total. The quantitative estimate of drug-likeness (QED) is 0.760. The van der Waals surface area contributed by atoms with Crippen molar-refractivity contribution in [2.45, 2.75) is 39.2 Å². The van der Waals surface area contributed by atoms with E-state index in [1.165, 1.54) is 25.1 Å². The number of benzene rings is 1. The Labute approximate surface area is 112 Å². The van der Waals surface area contributed by atoms with Crippen LogP contribution in [0.4, 0.5) is 0 Å². The van der Waals surface area contributed by atoms with Gasteiger partial charge in [0.1, 0.15) is 11.3 Å². The number of hydrogen-bond donors (Lipinski definition) is 3. The summed E-state index contributed by atoms with van der Waals surface area (Å²) in [5.74, 6) is -1.43. The number of rotatable bonds is 5. The Morgan fingerprint density at radius 3 is 2.47 bits per heavy atom. The number of carbonyl (C=O) groups excluding carboxylic acids is 1. The fraction of sp³-hybridized carbons (Fsp3) is 0.429. The lowest BCUT2D eigenvalue weighted by Crippen LogP contribution is -2.52. The third-order valence-corrected chi connectivity index (χ3v) is 3.07. The first kappa shape index (κ1) is 15.0. The minimum Gasteiger partial charge on any atom is -0.508 e. The minimum atomic E-state index is -1.28. The summed E-state index contributed by atoms with van der Waals surface area (Å²) in [4.78, 5) is 23.4. The van der Waals surface area contributed by atoms with Gasteiger partial charge in [-0.3, -0.25) is 4.79 Å². The molecule has 0 spiro atoms. The van der Waals surface area contributed by atoms with Gasteiger partial charge in [-0.25, -0.2) is 4.79 Å². The van der Waals surface area contributed by atoms with E-state index in [2.05, 4.69) is 5.32 Å². The molecule has 0 aliphatic rings. The van der Waals surface area contributed by atoms with Crippen molar-refractivity contribution in [3.63, 3.8) is 0 Å². The van der Waals surface area contributed by atoms with Crippen LogP contribution in [0.2, 0.25) is 0 Å². The van der Waals surface area contributed by atoms with Gasteiger partial charge in [-0.2, -0.15) is 0 Å². The molecule has 1 aromatic carbocycles. The first-order valence-electron chi connectivity index (χ1n) is 6.15. The van der Waals surface area contributed by atoms with Crippen molar-refractivity contribution >= 4 is 11.9 Å². The summed E-state index contributed by atoms with van der Waals surface area (Å²) in [7, 11) is 0. The zero-order valence-corrected chi connectivity index (χ0v) is 11.4. The molecule has 0 aliphatic heterocycles. The van der Waals surface area contributed by atoms with E-state index in [1.807, 2.05) is 6.92 Å². The summed E-state index contributed by atoms with van der Waals surface area (Å²) < 4.78 is 0. The molecule has 0 aliphatic carbocycles. The van der Waals surface area contributed by atoms with Crippen molar-refractivity contribution in [2.24, 2.45) is 0 Å². The third-order valence-electron chi connectivity index (χ3n) is 3.07. The van der Waals surface area contributed by atoms with Gasteiger partial charge in [0.25, 0.3) is 5.91 Å². The Morgan fingerprint density at radius 1 is 1.37 bits per heavy atom. The van der Waals surface area contributed by atoms with E-state index < -0.39 is 17.4 Å². The molecule has 0 bridgehead atoms. The molecule has 0 aromatic heterocycles. The van der Waals surface area contributed by atoms with Crippen LogP contribution in [0.3, 0.4) is 0 Å². The molecule has 1 unspecified atom stereocenters. The number of carboxylic acids is 1. The number of phenols is 1. The topological polar surface area (TPSA) is 86.6 Å². The maximum atomic E-state index is 12.1. The zero-order valence-electron chi connectivity index (χ0n) is 11.4. The first-order valence-corrected chi connectivity index (χ1v) is 6.15. The molecule has 1 aromatic rings. The van der Waals surface area contributed by atoms with Crippen LogP contribution < -0.4 is 5.32 Å².